The molecule has 7 nitrogen and oxygen atoms in total. The molecule has 1 amide bonds. The largest absolute Gasteiger partial charge is 0.459 e. The number of hydrogen-bond donors (Lipinski definition) is 0. The third-order valence-electron chi connectivity index (χ3n) is 5.91. The fourth-order valence-corrected chi connectivity index (χ4v) is 5.13. The SMILES string of the molecule is CCN(C(=O)c1cc(-c2cc(-c3c(C(F)(F)F)c(C(F)(F)C(F)(F)F)nn3C)no2)sc1Cl)C1(C#N)CC1. The molecular weight excluding hydrogens is 574 g/mol. The molecule has 0 aliphatic heterocycles. The van der Waals surface area contributed by atoms with Crippen molar-refractivity contribution < 1.29 is 44.4 Å². The van der Waals surface area contributed by atoms with E-state index in [4.69, 9.17) is 16.1 Å². The number of aromatic nitrogens is 3. The van der Waals surface area contributed by atoms with Gasteiger partial charge in [-0.15, -0.1) is 11.3 Å². The Hall–Kier alpha value is -3.19. The third-order valence-corrected chi connectivity index (χ3v) is 7.28. The summed E-state index contributed by atoms with van der Waals surface area (Å²) in [6.45, 7) is 1.87. The molecule has 3 heterocycles. The molecule has 1 saturated carbocycles. The quantitative estimate of drug-likeness (QED) is 0.301. The Kier molecular flexibility index (Phi) is 6.55. The first kappa shape index (κ1) is 27.8. The second-order valence-corrected chi connectivity index (χ2v) is 9.99. The molecule has 3 aromatic heterocycles. The summed E-state index contributed by atoms with van der Waals surface area (Å²) in [4.78, 5) is 14.5. The van der Waals surface area contributed by atoms with Crippen molar-refractivity contribution in [2.24, 2.45) is 7.05 Å². The number of alkyl halides is 8. The highest BCUT2D eigenvalue weighted by atomic mass is 35.5. The molecule has 0 radical (unpaired) electrons. The molecule has 1 aliphatic rings. The number of amides is 1. The van der Waals surface area contributed by atoms with E-state index in [9.17, 15) is 45.2 Å². The summed E-state index contributed by atoms with van der Waals surface area (Å²) in [5.41, 5.74) is -7.75. The van der Waals surface area contributed by atoms with Gasteiger partial charge in [0.05, 0.1) is 16.5 Å². The van der Waals surface area contributed by atoms with Crippen molar-refractivity contribution in [2.75, 3.05) is 6.54 Å². The van der Waals surface area contributed by atoms with E-state index in [-0.39, 0.29) is 31.8 Å². The molecule has 0 aromatic carbocycles. The molecule has 0 saturated heterocycles. The van der Waals surface area contributed by atoms with Crippen molar-refractivity contribution in [1.29, 1.82) is 5.26 Å². The number of aryl methyl sites for hydroxylation is 1. The second kappa shape index (κ2) is 8.94. The van der Waals surface area contributed by atoms with Gasteiger partial charge >= 0.3 is 18.3 Å². The molecule has 4 rings (SSSR count). The van der Waals surface area contributed by atoms with E-state index in [0.717, 1.165) is 24.5 Å². The molecule has 3 aromatic rings. The third kappa shape index (κ3) is 4.41. The molecule has 0 bridgehead atoms. The van der Waals surface area contributed by atoms with Crippen LogP contribution in [0.2, 0.25) is 4.34 Å². The number of carbonyl (C=O) groups excluding carboxylic acids is 1. The van der Waals surface area contributed by atoms with Crippen LogP contribution >= 0.6 is 22.9 Å². The first-order chi connectivity index (χ1) is 17.5. The monoisotopic (exact) mass is 587 g/mol. The molecule has 17 heteroatoms. The maximum Gasteiger partial charge on any atom is 0.459 e. The summed E-state index contributed by atoms with van der Waals surface area (Å²) >= 11 is 6.99. The predicted molar refractivity (Wildman–Crippen MR) is 116 cm³/mol. The normalized spacial score (nSPS) is 15.4. The van der Waals surface area contributed by atoms with Crippen molar-refractivity contribution in [3.05, 3.63) is 33.3 Å². The van der Waals surface area contributed by atoms with Gasteiger partial charge in [0.15, 0.2) is 11.5 Å². The Labute approximate surface area is 217 Å². The first-order valence-corrected chi connectivity index (χ1v) is 11.8. The number of rotatable bonds is 6. The lowest BCUT2D eigenvalue weighted by Crippen LogP contribution is -2.41. The van der Waals surface area contributed by atoms with Gasteiger partial charge in [-0.1, -0.05) is 16.8 Å². The fourth-order valence-electron chi connectivity index (χ4n) is 3.93. The number of hydrogen-bond acceptors (Lipinski definition) is 6. The Morgan fingerprint density at radius 3 is 2.37 bits per heavy atom. The van der Waals surface area contributed by atoms with E-state index in [1.165, 1.54) is 11.0 Å². The number of halogens is 9. The zero-order valence-corrected chi connectivity index (χ0v) is 20.7. The van der Waals surface area contributed by atoms with Crippen molar-refractivity contribution in [2.45, 2.75) is 43.6 Å². The Morgan fingerprint density at radius 1 is 1.24 bits per heavy atom. The lowest BCUT2D eigenvalue weighted by Gasteiger charge is -2.25. The Balaban J connectivity index is 1.76. The van der Waals surface area contributed by atoms with Gasteiger partial charge in [0, 0.05) is 19.7 Å². The van der Waals surface area contributed by atoms with Crippen molar-refractivity contribution in [3.8, 4) is 28.1 Å². The molecule has 0 N–H and O–H groups in total. The number of carbonyl (C=O) groups is 1. The van der Waals surface area contributed by atoms with Gasteiger partial charge in [0.1, 0.15) is 26.8 Å². The van der Waals surface area contributed by atoms with Gasteiger partial charge in [-0.25, -0.2) is 0 Å². The van der Waals surface area contributed by atoms with E-state index < -0.39 is 52.4 Å². The summed E-state index contributed by atoms with van der Waals surface area (Å²) in [5, 5.41) is 15.7. The van der Waals surface area contributed by atoms with Gasteiger partial charge in [-0.05, 0) is 25.8 Å². The van der Waals surface area contributed by atoms with Crippen molar-refractivity contribution >= 4 is 28.8 Å². The molecule has 0 unspecified atom stereocenters. The average molecular weight is 588 g/mol. The van der Waals surface area contributed by atoms with E-state index in [0.29, 0.717) is 12.8 Å². The lowest BCUT2D eigenvalue weighted by atomic mass is 10.0. The lowest BCUT2D eigenvalue weighted by molar-refractivity contribution is -0.292. The van der Waals surface area contributed by atoms with Crippen LogP contribution in [0, 0.1) is 11.3 Å². The van der Waals surface area contributed by atoms with Crippen LogP contribution in [-0.4, -0.2) is 44.0 Å². The van der Waals surface area contributed by atoms with Crippen LogP contribution in [0.15, 0.2) is 16.7 Å². The van der Waals surface area contributed by atoms with E-state index in [1.54, 1.807) is 6.92 Å². The minimum absolute atomic E-state index is 0.0170. The predicted octanol–water partition coefficient (Wildman–Crippen LogP) is 6.65. The molecule has 1 fully saturated rings. The standard InChI is InChI=1S/C21H14ClF8N5O2S/c1-3-35(18(8-31)4-5-18)17(36)9-6-12(38-16(9)22)11-7-10(33-37-11)14-13(20(25,26)27)15(32-34(14)2)19(23,24)21(28,29)30/h6-7H,3-5H2,1-2H3. The van der Waals surface area contributed by atoms with Gasteiger partial charge in [-0.2, -0.15) is 45.5 Å². The van der Waals surface area contributed by atoms with Crippen LogP contribution in [0.25, 0.3) is 22.0 Å². The van der Waals surface area contributed by atoms with Crippen LogP contribution in [0.4, 0.5) is 35.1 Å². The number of thiophene rings is 1. The molecule has 204 valence electrons. The molecule has 0 atom stereocenters. The second-order valence-electron chi connectivity index (χ2n) is 8.33. The number of nitrogens with zero attached hydrogens (tertiary/aromatic N) is 5. The zero-order chi connectivity index (χ0) is 28.4. The topological polar surface area (TPSA) is 87.9 Å². The average Bonchev–Trinajstić information content (AvgIpc) is 3.12. The highest BCUT2D eigenvalue weighted by Crippen LogP contribution is 2.50. The molecule has 0 spiro atoms. The van der Waals surface area contributed by atoms with E-state index in [1.807, 2.05) is 0 Å². The molecular formula is C21H14ClF8N5O2S. The summed E-state index contributed by atoms with van der Waals surface area (Å²) < 4.78 is 113. The van der Waals surface area contributed by atoms with Gasteiger partial charge in [-0.3, -0.25) is 9.48 Å². The minimum Gasteiger partial charge on any atom is -0.355 e. The number of nitriles is 1. The first-order valence-electron chi connectivity index (χ1n) is 10.6. The van der Waals surface area contributed by atoms with Crippen LogP contribution in [0.3, 0.4) is 0 Å². The van der Waals surface area contributed by atoms with Crippen molar-refractivity contribution in [3.63, 3.8) is 0 Å². The van der Waals surface area contributed by atoms with Crippen LogP contribution in [0.5, 0.6) is 0 Å². The van der Waals surface area contributed by atoms with Crippen LogP contribution < -0.4 is 0 Å². The summed E-state index contributed by atoms with van der Waals surface area (Å²) in [6, 6.07) is 4.22. The van der Waals surface area contributed by atoms with Crippen LogP contribution in [0.1, 0.15) is 41.4 Å². The van der Waals surface area contributed by atoms with Gasteiger partial charge < -0.3 is 9.42 Å². The van der Waals surface area contributed by atoms with Gasteiger partial charge in [0.2, 0.25) is 0 Å². The minimum atomic E-state index is -6.35. The Morgan fingerprint density at radius 2 is 1.87 bits per heavy atom. The van der Waals surface area contributed by atoms with Crippen molar-refractivity contribution in [1.82, 2.24) is 19.8 Å². The maximum absolute atomic E-state index is 14.0. The van der Waals surface area contributed by atoms with E-state index >= 15 is 0 Å². The van der Waals surface area contributed by atoms with Crippen LogP contribution in [-0.2, 0) is 19.1 Å². The summed E-state index contributed by atoms with van der Waals surface area (Å²) in [5.74, 6) is -6.72. The van der Waals surface area contributed by atoms with E-state index in [2.05, 4.69) is 16.3 Å². The fraction of sp³-hybridized carbons (Fsp3) is 0.429. The zero-order valence-electron chi connectivity index (χ0n) is 19.1. The molecule has 38 heavy (non-hydrogen) atoms. The van der Waals surface area contributed by atoms with Gasteiger partial charge in [0.25, 0.3) is 5.91 Å². The highest BCUT2D eigenvalue weighted by molar-refractivity contribution is 7.19. The Bertz CT molecular complexity index is 1440. The smallest absolute Gasteiger partial charge is 0.355 e. The summed E-state index contributed by atoms with van der Waals surface area (Å²) in [7, 11) is 0.746. The maximum atomic E-state index is 14.0. The summed E-state index contributed by atoms with van der Waals surface area (Å²) in [6.07, 6.45) is -11.1. The highest BCUT2D eigenvalue weighted by Gasteiger charge is 2.64. The molecule has 1 aliphatic carbocycles.